The highest BCUT2D eigenvalue weighted by Gasteiger charge is 2.22. The van der Waals surface area contributed by atoms with Crippen LogP contribution in [0.15, 0.2) is 52.3 Å². The number of benzene rings is 2. The number of aryl methyl sites for hydroxylation is 1. The zero-order valence-corrected chi connectivity index (χ0v) is 13.8. The fraction of sp³-hybridized carbons (Fsp3) is 0.333. The molecule has 2 aromatic rings. The van der Waals surface area contributed by atoms with Gasteiger partial charge in [0.05, 0.1) is 11.4 Å². The topological polar surface area (TPSA) is 6.48 Å². The first-order chi connectivity index (χ1) is 10.1. The van der Waals surface area contributed by atoms with Crippen LogP contribution in [0.4, 0.5) is 11.4 Å². The van der Waals surface area contributed by atoms with Crippen LogP contribution in [0, 0.1) is 6.92 Å². The molecule has 3 heteroatoms. The van der Waals surface area contributed by atoms with Crippen LogP contribution < -0.4 is 4.90 Å². The molecule has 2 aromatic carbocycles. The van der Waals surface area contributed by atoms with E-state index in [-0.39, 0.29) is 0 Å². The highest BCUT2D eigenvalue weighted by atomic mass is 32.2. The summed E-state index contributed by atoms with van der Waals surface area (Å²) >= 11 is 1.88. The van der Waals surface area contributed by atoms with Crippen molar-refractivity contribution in [2.24, 2.45) is 0 Å². The van der Waals surface area contributed by atoms with Gasteiger partial charge in [-0.05, 0) is 63.8 Å². The summed E-state index contributed by atoms with van der Waals surface area (Å²) in [6.07, 6.45) is 1.17. The Kier molecular flexibility index (Phi) is 4.22. The zero-order valence-electron chi connectivity index (χ0n) is 13.0. The zero-order chi connectivity index (χ0) is 14.8. The first-order valence-corrected chi connectivity index (χ1v) is 8.26. The number of para-hydroxylation sites is 1. The second-order valence-electron chi connectivity index (χ2n) is 5.85. The third-order valence-corrected chi connectivity index (χ3v) is 4.90. The molecular weight excluding hydrogens is 276 g/mol. The van der Waals surface area contributed by atoms with Gasteiger partial charge in [0, 0.05) is 16.3 Å². The van der Waals surface area contributed by atoms with E-state index >= 15 is 0 Å². The van der Waals surface area contributed by atoms with Gasteiger partial charge in [0.2, 0.25) is 0 Å². The van der Waals surface area contributed by atoms with Crippen LogP contribution in [0.1, 0.15) is 12.0 Å². The summed E-state index contributed by atoms with van der Waals surface area (Å²) in [7, 11) is 4.27. The van der Waals surface area contributed by atoms with Crippen molar-refractivity contribution in [3.8, 4) is 0 Å². The summed E-state index contributed by atoms with van der Waals surface area (Å²) in [6, 6.07) is 15.5. The summed E-state index contributed by atoms with van der Waals surface area (Å²) in [5.74, 6) is 0. The average Bonchev–Trinajstić information content (AvgIpc) is 2.46. The maximum absolute atomic E-state index is 2.48. The normalized spacial score (nSPS) is 13.2. The van der Waals surface area contributed by atoms with Crippen LogP contribution in [0.5, 0.6) is 0 Å². The Morgan fingerprint density at radius 2 is 1.76 bits per heavy atom. The first-order valence-electron chi connectivity index (χ1n) is 7.45. The largest absolute Gasteiger partial charge is 0.340 e. The van der Waals surface area contributed by atoms with E-state index in [1.807, 2.05) is 11.8 Å². The fourth-order valence-electron chi connectivity index (χ4n) is 2.73. The van der Waals surface area contributed by atoms with Gasteiger partial charge >= 0.3 is 0 Å². The van der Waals surface area contributed by atoms with Crippen molar-refractivity contribution >= 4 is 23.1 Å². The molecule has 0 bridgehead atoms. The molecule has 0 spiro atoms. The van der Waals surface area contributed by atoms with Gasteiger partial charge in [-0.25, -0.2) is 0 Å². The number of fused-ring (bicyclic) bond motifs is 2. The van der Waals surface area contributed by atoms with Crippen LogP contribution in [0.2, 0.25) is 0 Å². The van der Waals surface area contributed by atoms with Crippen molar-refractivity contribution in [1.29, 1.82) is 0 Å². The second-order valence-corrected chi connectivity index (χ2v) is 6.93. The summed E-state index contributed by atoms with van der Waals surface area (Å²) < 4.78 is 0. The van der Waals surface area contributed by atoms with E-state index in [1.54, 1.807) is 0 Å². The van der Waals surface area contributed by atoms with Crippen molar-refractivity contribution in [2.75, 3.05) is 32.1 Å². The molecule has 3 rings (SSSR count). The molecule has 0 aliphatic carbocycles. The monoisotopic (exact) mass is 298 g/mol. The van der Waals surface area contributed by atoms with Gasteiger partial charge in [0.15, 0.2) is 0 Å². The number of hydrogen-bond acceptors (Lipinski definition) is 3. The predicted molar refractivity (Wildman–Crippen MR) is 91.9 cm³/mol. The molecular formula is C18H22N2S. The lowest BCUT2D eigenvalue weighted by molar-refractivity contribution is 0.402. The lowest BCUT2D eigenvalue weighted by Gasteiger charge is -2.33. The van der Waals surface area contributed by atoms with Crippen LogP contribution in [-0.4, -0.2) is 32.1 Å². The van der Waals surface area contributed by atoms with Crippen molar-refractivity contribution in [2.45, 2.75) is 23.1 Å². The molecule has 110 valence electrons. The third kappa shape index (κ3) is 3.09. The second kappa shape index (κ2) is 6.12. The minimum Gasteiger partial charge on any atom is -0.340 e. The lowest BCUT2D eigenvalue weighted by atomic mass is 10.1. The SMILES string of the molecule is Cc1ccc2c(c1)N(CCCN(C)C)c1ccccc1S2. The molecule has 1 aliphatic heterocycles. The Morgan fingerprint density at radius 1 is 1.00 bits per heavy atom. The molecule has 0 unspecified atom stereocenters. The average molecular weight is 298 g/mol. The Labute approximate surface area is 131 Å². The molecule has 2 nitrogen and oxygen atoms in total. The number of rotatable bonds is 4. The molecule has 21 heavy (non-hydrogen) atoms. The number of nitrogens with zero attached hydrogens (tertiary/aromatic N) is 2. The van der Waals surface area contributed by atoms with Gasteiger partial charge in [0.1, 0.15) is 0 Å². The van der Waals surface area contributed by atoms with E-state index in [0.717, 1.165) is 13.1 Å². The van der Waals surface area contributed by atoms with Crippen molar-refractivity contribution in [3.63, 3.8) is 0 Å². The summed E-state index contributed by atoms with van der Waals surface area (Å²) in [4.78, 5) is 7.46. The van der Waals surface area contributed by atoms with Gasteiger partial charge in [-0.15, -0.1) is 0 Å². The van der Waals surface area contributed by atoms with Crippen molar-refractivity contribution in [3.05, 3.63) is 48.0 Å². The van der Waals surface area contributed by atoms with Crippen LogP contribution in [0.25, 0.3) is 0 Å². The van der Waals surface area contributed by atoms with Gasteiger partial charge in [-0.1, -0.05) is 30.0 Å². The Hall–Kier alpha value is -1.45. The van der Waals surface area contributed by atoms with Gasteiger partial charge in [-0.2, -0.15) is 0 Å². The maximum Gasteiger partial charge on any atom is 0.0555 e. The molecule has 0 saturated carbocycles. The van der Waals surface area contributed by atoms with Gasteiger partial charge in [-0.3, -0.25) is 0 Å². The standard InChI is InChI=1S/C18H22N2S/c1-14-9-10-18-16(13-14)20(12-6-11-19(2)3)15-7-4-5-8-17(15)21-18/h4-5,7-10,13H,6,11-12H2,1-3H3. The minimum atomic E-state index is 1.06. The van der Waals surface area contributed by atoms with E-state index in [0.29, 0.717) is 0 Å². The van der Waals surface area contributed by atoms with E-state index in [1.165, 1.54) is 33.2 Å². The Morgan fingerprint density at radius 3 is 2.57 bits per heavy atom. The molecule has 0 amide bonds. The summed E-state index contributed by atoms with van der Waals surface area (Å²) in [5, 5.41) is 0. The Balaban J connectivity index is 1.94. The summed E-state index contributed by atoms with van der Waals surface area (Å²) in [5.41, 5.74) is 4.03. The lowest BCUT2D eigenvalue weighted by Crippen LogP contribution is -2.25. The van der Waals surface area contributed by atoms with E-state index in [4.69, 9.17) is 0 Å². The van der Waals surface area contributed by atoms with Crippen molar-refractivity contribution < 1.29 is 0 Å². The maximum atomic E-state index is 2.48. The van der Waals surface area contributed by atoms with E-state index in [9.17, 15) is 0 Å². The third-order valence-electron chi connectivity index (χ3n) is 3.77. The van der Waals surface area contributed by atoms with Gasteiger partial charge < -0.3 is 9.80 Å². The van der Waals surface area contributed by atoms with Gasteiger partial charge in [0.25, 0.3) is 0 Å². The minimum absolute atomic E-state index is 1.06. The van der Waals surface area contributed by atoms with Crippen LogP contribution in [0.3, 0.4) is 0 Å². The first kappa shape index (κ1) is 14.5. The molecule has 0 fully saturated rings. The highest BCUT2D eigenvalue weighted by Crippen LogP contribution is 2.48. The number of hydrogen-bond donors (Lipinski definition) is 0. The van der Waals surface area contributed by atoms with Crippen LogP contribution in [-0.2, 0) is 0 Å². The molecule has 0 saturated heterocycles. The smallest absolute Gasteiger partial charge is 0.0555 e. The number of anilines is 2. The molecule has 0 atom stereocenters. The van der Waals surface area contributed by atoms with E-state index < -0.39 is 0 Å². The highest BCUT2D eigenvalue weighted by molar-refractivity contribution is 7.99. The molecule has 0 aromatic heterocycles. The fourth-order valence-corrected chi connectivity index (χ4v) is 3.80. The van der Waals surface area contributed by atoms with Crippen LogP contribution >= 0.6 is 11.8 Å². The Bertz CT molecular complexity index is 637. The molecule has 1 aliphatic rings. The molecule has 1 heterocycles. The van der Waals surface area contributed by atoms with Crippen molar-refractivity contribution in [1.82, 2.24) is 4.90 Å². The van der Waals surface area contributed by atoms with E-state index in [2.05, 4.69) is 73.3 Å². The molecule has 0 radical (unpaired) electrons. The quantitative estimate of drug-likeness (QED) is 0.817. The predicted octanol–water partition coefficient (Wildman–Crippen LogP) is 4.55. The molecule has 0 N–H and O–H groups in total. The summed E-state index contributed by atoms with van der Waals surface area (Å²) in [6.45, 7) is 4.35.